The Bertz CT molecular complexity index is 1230. The molecule has 1 aromatic carbocycles. The molecule has 2 heterocycles. The molecule has 172 valence electrons. The number of carbonyl (C=O) groups is 1. The maximum atomic E-state index is 14.1. The van der Waals surface area contributed by atoms with E-state index in [1.165, 1.54) is 10.9 Å². The zero-order valence-corrected chi connectivity index (χ0v) is 18.3. The predicted octanol–water partition coefficient (Wildman–Crippen LogP) is 2.02. The van der Waals surface area contributed by atoms with Crippen LogP contribution in [0.1, 0.15) is 28.7 Å². The van der Waals surface area contributed by atoms with Crippen molar-refractivity contribution in [1.82, 2.24) is 15.1 Å². The van der Waals surface area contributed by atoms with Gasteiger partial charge >= 0.3 is 6.03 Å². The molecular formula is C20H24F2N6O3S. The summed E-state index contributed by atoms with van der Waals surface area (Å²) in [5, 5.41) is 15.8. The molecule has 3 aliphatic rings. The number of rotatable bonds is 3. The smallest absolute Gasteiger partial charge is 0.354 e. The summed E-state index contributed by atoms with van der Waals surface area (Å²) >= 11 is 0. The van der Waals surface area contributed by atoms with E-state index in [0.717, 1.165) is 24.0 Å². The summed E-state index contributed by atoms with van der Waals surface area (Å²) in [6, 6.07) is 0.913. The quantitative estimate of drug-likeness (QED) is 0.639. The average Bonchev–Trinajstić information content (AvgIpc) is 3.42. The highest BCUT2D eigenvalue weighted by Gasteiger charge is 2.40. The fourth-order valence-corrected chi connectivity index (χ4v) is 5.72. The van der Waals surface area contributed by atoms with Gasteiger partial charge in [-0.15, -0.1) is 4.36 Å². The number of alkyl halides is 2. The second-order valence-corrected chi connectivity index (χ2v) is 10.2. The number of halogens is 2. The molecule has 12 heteroatoms. The van der Waals surface area contributed by atoms with Crippen LogP contribution in [0, 0.1) is 0 Å². The molecule has 0 radical (unpaired) electrons. The Morgan fingerprint density at radius 2 is 2.16 bits per heavy atom. The van der Waals surface area contributed by atoms with Crippen molar-refractivity contribution in [2.24, 2.45) is 9.50 Å². The van der Waals surface area contributed by atoms with E-state index < -0.39 is 28.3 Å². The van der Waals surface area contributed by atoms with E-state index in [-0.39, 0.29) is 23.2 Å². The maximum Gasteiger partial charge on any atom is 0.354 e. The molecule has 32 heavy (non-hydrogen) atoms. The van der Waals surface area contributed by atoms with Gasteiger partial charge in [0.2, 0.25) is 5.88 Å². The lowest BCUT2D eigenvalue weighted by molar-refractivity contribution is 0.0131. The standard InChI is InChI=1S/C20H24F2N6O3S/c1-24-13-9-28-18(31-10-13)16(8-25-28)32(23,30)27-19(29)26-17-14-4-2-3-11(14)5-12-6-20(21,22)7-15(12)17/h5,8,13,24H,2-4,6-7,9-10H2,1H3,(H3,23,26,27,29,30)/t13-,32?/m0/s1. The van der Waals surface area contributed by atoms with Gasteiger partial charge in [-0.2, -0.15) is 5.10 Å². The first-order chi connectivity index (χ1) is 15.2. The zero-order chi connectivity index (χ0) is 22.7. The normalized spacial score (nSPS) is 22.3. The third-order valence-electron chi connectivity index (χ3n) is 6.23. The van der Waals surface area contributed by atoms with Gasteiger partial charge in [0.25, 0.3) is 5.92 Å². The molecule has 2 aliphatic carbocycles. The highest BCUT2D eigenvalue weighted by Crippen LogP contribution is 2.43. The van der Waals surface area contributed by atoms with Crippen LogP contribution < -0.4 is 20.5 Å². The van der Waals surface area contributed by atoms with E-state index in [0.29, 0.717) is 36.4 Å². The van der Waals surface area contributed by atoms with E-state index in [4.69, 9.17) is 9.88 Å². The summed E-state index contributed by atoms with van der Waals surface area (Å²) in [7, 11) is -1.87. The number of nitrogens with zero attached hydrogens (tertiary/aromatic N) is 3. The molecule has 4 N–H and O–H groups in total. The number of nitrogens with one attached hydrogen (secondary N) is 2. The molecule has 1 unspecified atom stereocenters. The van der Waals surface area contributed by atoms with Gasteiger partial charge in [0.05, 0.1) is 18.8 Å². The van der Waals surface area contributed by atoms with Gasteiger partial charge in [0, 0.05) is 18.5 Å². The van der Waals surface area contributed by atoms with Crippen molar-refractivity contribution in [3.05, 3.63) is 34.5 Å². The number of benzene rings is 1. The maximum absolute atomic E-state index is 14.1. The Kier molecular flexibility index (Phi) is 4.98. The Hall–Kier alpha value is -2.57. The fraction of sp³-hybridized carbons (Fsp3) is 0.500. The lowest BCUT2D eigenvalue weighted by Crippen LogP contribution is -2.40. The lowest BCUT2D eigenvalue weighted by atomic mass is 9.99. The molecule has 0 fully saturated rings. The number of hydrogen-bond acceptors (Lipinski definition) is 5. The largest absolute Gasteiger partial charge is 0.475 e. The van der Waals surface area contributed by atoms with E-state index in [9.17, 15) is 17.8 Å². The number of likely N-dealkylation sites (N-methyl/N-ethyl adjacent to an activating group) is 1. The summed E-state index contributed by atoms with van der Waals surface area (Å²) < 4.78 is 52.1. The van der Waals surface area contributed by atoms with Crippen molar-refractivity contribution in [3.63, 3.8) is 0 Å². The summed E-state index contributed by atoms with van der Waals surface area (Å²) in [6.07, 6.45) is 2.83. The minimum absolute atomic E-state index is 0.0252. The van der Waals surface area contributed by atoms with Crippen LogP contribution in [0.3, 0.4) is 0 Å². The van der Waals surface area contributed by atoms with Crippen LogP contribution in [-0.2, 0) is 42.1 Å². The number of carbonyl (C=O) groups excluding carboxylic acids is 1. The number of aryl methyl sites for hydroxylation is 1. The van der Waals surface area contributed by atoms with Crippen LogP contribution in [0.15, 0.2) is 21.5 Å². The summed E-state index contributed by atoms with van der Waals surface area (Å²) in [6.45, 7) is 0.817. The highest BCUT2D eigenvalue weighted by atomic mass is 32.2. The van der Waals surface area contributed by atoms with Gasteiger partial charge in [-0.25, -0.2) is 27.6 Å². The highest BCUT2D eigenvalue weighted by molar-refractivity contribution is 7.91. The van der Waals surface area contributed by atoms with Crippen LogP contribution >= 0.6 is 0 Å². The minimum Gasteiger partial charge on any atom is -0.475 e. The zero-order valence-electron chi connectivity index (χ0n) is 17.5. The van der Waals surface area contributed by atoms with Crippen molar-refractivity contribution in [2.45, 2.75) is 55.5 Å². The van der Waals surface area contributed by atoms with Crippen molar-refractivity contribution < 1.29 is 22.5 Å². The number of nitrogens with two attached hydrogens (primary N) is 1. The fourth-order valence-electron chi connectivity index (χ4n) is 4.71. The van der Waals surface area contributed by atoms with Gasteiger partial charge in [0.1, 0.15) is 11.5 Å². The van der Waals surface area contributed by atoms with Crippen LogP contribution in [0.25, 0.3) is 0 Å². The molecule has 0 saturated heterocycles. The van der Waals surface area contributed by atoms with Gasteiger partial charge in [0.15, 0.2) is 9.92 Å². The van der Waals surface area contributed by atoms with Crippen molar-refractivity contribution in [2.75, 3.05) is 19.0 Å². The summed E-state index contributed by atoms with van der Waals surface area (Å²) in [4.78, 5) is 12.8. The third-order valence-corrected chi connectivity index (χ3v) is 7.58. The average molecular weight is 467 g/mol. The molecule has 2 aromatic rings. The number of amides is 2. The molecule has 5 rings (SSSR count). The van der Waals surface area contributed by atoms with Crippen LogP contribution in [0.5, 0.6) is 5.88 Å². The van der Waals surface area contributed by atoms with E-state index in [2.05, 4.69) is 20.1 Å². The Balaban J connectivity index is 1.46. The van der Waals surface area contributed by atoms with Gasteiger partial charge in [-0.1, -0.05) is 6.07 Å². The third kappa shape index (κ3) is 3.65. The number of aromatic nitrogens is 2. The summed E-state index contributed by atoms with van der Waals surface area (Å²) in [5.74, 6) is -2.64. The lowest BCUT2D eigenvalue weighted by Gasteiger charge is -2.24. The SMILES string of the molecule is CN[C@@H]1COc2c(S(N)(=O)=NC(=O)Nc3c4c(cc5c3CC(F)(F)C5)CCC4)cnn2C1. The molecule has 1 aromatic heterocycles. The van der Waals surface area contributed by atoms with Gasteiger partial charge < -0.3 is 15.4 Å². The predicted molar refractivity (Wildman–Crippen MR) is 113 cm³/mol. The first-order valence-electron chi connectivity index (χ1n) is 10.4. The second-order valence-electron chi connectivity index (χ2n) is 8.47. The van der Waals surface area contributed by atoms with Crippen molar-refractivity contribution in [1.29, 1.82) is 0 Å². The minimum atomic E-state index is -3.67. The number of urea groups is 1. The molecule has 9 nitrogen and oxygen atoms in total. The van der Waals surface area contributed by atoms with Crippen LogP contribution in [0.4, 0.5) is 19.3 Å². The first-order valence-corrected chi connectivity index (χ1v) is 12.0. The second kappa shape index (κ2) is 7.49. The van der Waals surface area contributed by atoms with Crippen molar-refractivity contribution in [3.8, 4) is 5.88 Å². The van der Waals surface area contributed by atoms with Gasteiger partial charge in [-0.3, -0.25) is 0 Å². The number of anilines is 1. The Morgan fingerprint density at radius 3 is 2.94 bits per heavy atom. The van der Waals surface area contributed by atoms with Gasteiger partial charge in [-0.05, 0) is 48.6 Å². The molecular weight excluding hydrogens is 442 g/mol. The monoisotopic (exact) mass is 466 g/mol. The Labute approximate surface area is 184 Å². The van der Waals surface area contributed by atoms with E-state index >= 15 is 0 Å². The number of fused-ring (bicyclic) bond motifs is 3. The van der Waals surface area contributed by atoms with Crippen LogP contribution in [0.2, 0.25) is 0 Å². The van der Waals surface area contributed by atoms with E-state index in [1.54, 1.807) is 7.05 Å². The molecule has 2 atom stereocenters. The van der Waals surface area contributed by atoms with Crippen molar-refractivity contribution >= 4 is 21.6 Å². The topological polar surface area (TPSA) is 124 Å². The molecule has 0 saturated carbocycles. The number of ether oxygens (including phenoxy) is 1. The molecule has 0 bridgehead atoms. The molecule has 1 aliphatic heterocycles. The molecule has 2 amide bonds. The van der Waals surface area contributed by atoms with Crippen LogP contribution in [-0.4, -0.2) is 45.6 Å². The molecule has 0 spiro atoms. The van der Waals surface area contributed by atoms with E-state index in [1.807, 2.05) is 6.07 Å². The first kappa shape index (κ1) is 21.3. The Morgan fingerprint density at radius 1 is 1.34 bits per heavy atom. The summed E-state index contributed by atoms with van der Waals surface area (Å²) in [5.41, 5.74) is 3.13. The number of hydrogen-bond donors (Lipinski definition) is 3.